The first-order chi connectivity index (χ1) is 18.2. The first-order valence-corrected chi connectivity index (χ1v) is 13.2. The Morgan fingerprint density at radius 2 is 1.50 bits per heavy atom. The van der Waals surface area contributed by atoms with Crippen LogP contribution in [-0.2, 0) is 0 Å². The molecule has 0 aliphatic rings. The average Bonchev–Trinajstić information content (AvgIpc) is 2.88. The van der Waals surface area contributed by atoms with Gasteiger partial charge in [0.1, 0.15) is 11.5 Å². The number of hydrogen-bond acceptors (Lipinski definition) is 9. The summed E-state index contributed by atoms with van der Waals surface area (Å²) in [5, 5.41) is 8.53. The molecule has 0 saturated heterocycles. The molecule has 0 bridgehead atoms. The lowest BCUT2D eigenvalue weighted by molar-refractivity contribution is 0.102. The fourth-order valence-electron chi connectivity index (χ4n) is 4.29. The van der Waals surface area contributed by atoms with Crippen LogP contribution in [-0.4, -0.2) is 46.2 Å². The van der Waals surface area contributed by atoms with Crippen molar-refractivity contribution in [2.24, 2.45) is 0 Å². The standard InChI is InChI=1S/C28H28N8OS/c1-15-10-21(29)19-12-17(6-8-22(19)30-15)32-26-14-24(34-28(35-26)38-5)27(37)33-18-7-9-23-20(13-18)25(36(3)4)11-16(2)31-23/h6-14H,1-5H3,(H2,29,30)(H,33,37)(H,32,34,35). The predicted octanol–water partition coefficient (Wildman–Crippen LogP) is 5.56. The van der Waals surface area contributed by atoms with Gasteiger partial charge in [0.25, 0.3) is 5.91 Å². The molecule has 0 saturated carbocycles. The minimum absolute atomic E-state index is 0.249. The molecule has 1 amide bonds. The number of aromatic nitrogens is 4. The lowest BCUT2D eigenvalue weighted by Crippen LogP contribution is -2.15. The summed E-state index contributed by atoms with van der Waals surface area (Å²) in [5.74, 6) is 0.166. The van der Waals surface area contributed by atoms with Gasteiger partial charge >= 0.3 is 0 Å². The van der Waals surface area contributed by atoms with E-state index in [1.807, 2.05) is 87.6 Å². The normalized spacial score (nSPS) is 11.1. The zero-order valence-corrected chi connectivity index (χ0v) is 22.6. The van der Waals surface area contributed by atoms with Crippen LogP contribution in [0, 0.1) is 13.8 Å². The van der Waals surface area contributed by atoms with Crippen LogP contribution in [0.25, 0.3) is 21.8 Å². The summed E-state index contributed by atoms with van der Waals surface area (Å²) in [6.45, 7) is 3.88. The molecule has 0 aliphatic heterocycles. The van der Waals surface area contributed by atoms with E-state index in [1.54, 1.807) is 6.07 Å². The van der Waals surface area contributed by atoms with Crippen molar-refractivity contribution in [3.8, 4) is 0 Å². The number of carbonyl (C=O) groups is 1. The van der Waals surface area contributed by atoms with Gasteiger partial charge in [-0.1, -0.05) is 11.8 Å². The zero-order valence-electron chi connectivity index (χ0n) is 21.8. The summed E-state index contributed by atoms with van der Waals surface area (Å²) in [6, 6.07) is 16.9. The quantitative estimate of drug-likeness (QED) is 0.194. The second kappa shape index (κ2) is 10.1. The molecule has 0 spiro atoms. The molecular formula is C28H28N8OS. The van der Waals surface area contributed by atoms with E-state index in [-0.39, 0.29) is 11.6 Å². The number of nitrogens with zero attached hydrogens (tertiary/aromatic N) is 5. The van der Waals surface area contributed by atoms with Gasteiger partial charge in [0, 0.05) is 65.1 Å². The fraction of sp³-hybridized carbons (Fsp3) is 0.179. The predicted molar refractivity (Wildman–Crippen MR) is 157 cm³/mol. The Morgan fingerprint density at radius 3 is 2.21 bits per heavy atom. The maximum atomic E-state index is 13.3. The third-order valence-electron chi connectivity index (χ3n) is 6.02. The molecule has 3 aromatic heterocycles. The molecule has 10 heteroatoms. The Balaban J connectivity index is 1.44. The van der Waals surface area contributed by atoms with Gasteiger partial charge in [-0.15, -0.1) is 0 Å². The van der Waals surface area contributed by atoms with Crippen LogP contribution >= 0.6 is 11.8 Å². The molecule has 0 atom stereocenters. The molecule has 2 aromatic carbocycles. The van der Waals surface area contributed by atoms with E-state index in [1.165, 1.54) is 11.8 Å². The number of aryl methyl sites for hydroxylation is 2. The SMILES string of the molecule is CSc1nc(Nc2ccc3nc(C)cc(N)c3c2)cc(C(=O)Nc2ccc3nc(C)cc(N(C)C)c3c2)n1. The number of anilines is 5. The number of nitrogen functional groups attached to an aromatic ring is 1. The third kappa shape index (κ3) is 5.16. The number of thioether (sulfide) groups is 1. The highest BCUT2D eigenvalue weighted by atomic mass is 32.2. The van der Waals surface area contributed by atoms with Gasteiger partial charge in [-0.2, -0.15) is 0 Å². The Labute approximate surface area is 224 Å². The highest BCUT2D eigenvalue weighted by Crippen LogP contribution is 2.29. The maximum Gasteiger partial charge on any atom is 0.274 e. The van der Waals surface area contributed by atoms with Crippen LogP contribution in [0.3, 0.4) is 0 Å². The van der Waals surface area contributed by atoms with E-state index < -0.39 is 0 Å². The first-order valence-electron chi connectivity index (χ1n) is 12.0. The van der Waals surface area contributed by atoms with E-state index >= 15 is 0 Å². The second-order valence-electron chi connectivity index (χ2n) is 9.20. The fourth-order valence-corrected chi connectivity index (χ4v) is 4.67. The van der Waals surface area contributed by atoms with Gasteiger partial charge in [-0.25, -0.2) is 9.97 Å². The molecule has 0 radical (unpaired) electrons. The number of amides is 1. The Bertz CT molecular complexity index is 1700. The van der Waals surface area contributed by atoms with Crippen molar-refractivity contribution < 1.29 is 4.79 Å². The van der Waals surface area contributed by atoms with Crippen molar-refractivity contribution in [1.29, 1.82) is 0 Å². The molecule has 5 rings (SSSR count). The zero-order chi connectivity index (χ0) is 27.0. The Kier molecular flexibility index (Phi) is 6.73. The van der Waals surface area contributed by atoms with Gasteiger partial charge in [0.05, 0.1) is 11.0 Å². The topological polar surface area (TPSA) is 122 Å². The van der Waals surface area contributed by atoms with E-state index in [2.05, 4.69) is 30.6 Å². The van der Waals surface area contributed by atoms with Crippen molar-refractivity contribution in [1.82, 2.24) is 19.9 Å². The summed E-state index contributed by atoms with van der Waals surface area (Å²) in [6.07, 6.45) is 1.87. The van der Waals surface area contributed by atoms with Gasteiger partial charge in [-0.05, 0) is 68.6 Å². The number of rotatable bonds is 6. The van der Waals surface area contributed by atoms with Crippen LogP contribution in [0.4, 0.5) is 28.6 Å². The minimum Gasteiger partial charge on any atom is -0.398 e. The molecule has 0 aliphatic carbocycles. The lowest BCUT2D eigenvalue weighted by Gasteiger charge is -2.17. The molecule has 4 N–H and O–H groups in total. The maximum absolute atomic E-state index is 13.3. The minimum atomic E-state index is -0.334. The molecule has 0 unspecified atom stereocenters. The first kappa shape index (κ1) is 25.2. The molecule has 38 heavy (non-hydrogen) atoms. The number of nitrogens with two attached hydrogens (primary N) is 1. The van der Waals surface area contributed by atoms with Gasteiger partial charge < -0.3 is 21.3 Å². The van der Waals surface area contributed by atoms with E-state index in [4.69, 9.17) is 5.73 Å². The summed E-state index contributed by atoms with van der Waals surface area (Å²) in [5.41, 5.74) is 13.1. The van der Waals surface area contributed by atoms with Crippen molar-refractivity contribution in [2.75, 3.05) is 41.6 Å². The highest BCUT2D eigenvalue weighted by Gasteiger charge is 2.14. The number of fused-ring (bicyclic) bond motifs is 2. The van der Waals surface area contributed by atoms with Crippen LogP contribution in [0.5, 0.6) is 0 Å². The average molecular weight is 525 g/mol. The van der Waals surface area contributed by atoms with E-state index in [0.717, 1.165) is 44.6 Å². The molecule has 9 nitrogen and oxygen atoms in total. The van der Waals surface area contributed by atoms with Crippen molar-refractivity contribution >= 4 is 68.0 Å². The highest BCUT2D eigenvalue weighted by molar-refractivity contribution is 7.98. The van der Waals surface area contributed by atoms with Crippen molar-refractivity contribution in [2.45, 2.75) is 19.0 Å². The monoisotopic (exact) mass is 524 g/mol. The Hall–Kier alpha value is -4.44. The van der Waals surface area contributed by atoms with Gasteiger partial charge in [0.2, 0.25) is 0 Å². The number of hydrogen-bond donors (Lipinski definition) is 3. The number of benzene rings is 2. The van der Waals surface area contributed by atoms with Crippen LogP contribution in [0.1, 0.15) is 21.9 Å². The number of nitrogens with one attached hydrogen (secondary N) is 2. The molecule has 3 heterocycles. The summed E-state index contributed by atoms with van der Waals surface area (Å²) >= 11 is 1.36. The van der Waals surface area contributed by atoms with Crippen molar-refractivity contribution in [3.63, 3.8) is 0 Å². The smallest absolute Gasteiger partial charge is 0.274 e. The van der Waals surface area contributed by atoms with Crippen LogP contribution in [0.2, 0.25) is 0 Å². The molecule has 192 valence electrons. The van der Waals surface area contributed by atoms with Gasteiger partial charge in [0.15, 0.2) is 5.16 Å². The van der Waals surface area contributed by atoms with E-state index in [0.29, 0.717) is 22.3 Å². The third-order valence-corrected chi connectivity index (χ3v) is 6.56. The largest absolute Gasteiger partial charge is 0.398 e. The number of carbonyl (C=O) groups excluding carboxylic acids is 1. The Morgan fingerprint density at radius 1 is 0.842 bits per heavy atom. The van der Waals surface area contributed by atoms with Gasteiger partial charge in [-0.3, -0.25) is 14.8 Å². The molecule has 5 aromatic rings. The molecular weight excluding hydrogens is 496 g/mol. The lowest BCUT2D eigenvalue weighted by atomic mass is 10.1. The van der Waals surface area contributed by atoms with E-state index in [9.17, 15) is 4.79 Å². The van der Waals surface area contributed by atoms with Crippen LogP contribution in [0.15, 0.2) is 59.8 Å². The van der Waals surface area contributed by atoms with Crippen LogP contribution < -0.4 is 21.3 Å². The number of pyridine rings is 2. The second-order valence-corrected chi connectivity index (χ2v) is 9.97. The summed E-state index contributed by atoms with van der Waals surface area (Å²) < 4.78 is 0. The molecule has 0 fully saturated rings. The summed E-state index contributed by atoms with van der Waals surface area (Å²) in [4.78, 5) is 33.4. The van der Waals surface area contributed by atoms with Crippen molar-refractivity contribution in [3.05, 3.63) is 71.7 Å². The summed E-state index contributed by atoms with van der Waals surface area (Å²) in [7, 11) is 3.97.